The molecule has 0 aromatic heterocycles. The van der Waals surface area contributed by atoms with Crippen molar-refractivity contribution < 1.29 is 14.6 Å². The number of carbonyl (C=O) groups is 1. The summed E-state index contributed by atoms with van der Waals surface area (Å²) in [4.78, 5) is 13.0. The van der Waals surface area contributed by atoms with Gasteiger partial charge in [0, 0.05) is 24.4 Å². The minimum absolute atomic E-state index is 0.0281. The van der Waals surface area contributed by atoms with Crippen LogP contribution in [0, 0.1) is 52.3 Å². The smallest absolute Gasteiger partial charge is 0.142 e. The lowest BCUT2D eigenvalue weighted by Gasteiger charge is -2.63. The maximum atomic E-state index is 13.0. The van der Waals surface area contributed by atoms with Crippen molar-refractivity contribution in [2.24, 2.45) is 52.3 Å². The number of rotatable bonds is 2. The molecule has 6 saturated carbocycles. The predicted octanol–water partition coefficient (Wildman–Crippen LogP) is 3.83. The molecule has 11 atom stereocenters. The van der Waals surface area contributed by atoms with Gasteiger partial charge in [-0.25, -0.2) is 0 Å². The van der Waals surface area contributed by atoms with E-state index in [1.165, 1.54) is 12.8 Å². The van der Waals surface area contributed by atoms with E-state index in [4.69, 9.17) is 4.74 Å². The molecule has 0 aromatic carbocycles. The summed E-state index contributed by atoms with van der Waals surface area (Å²) >= 11 is 0. The Morgan fingerprint density at radius 3 is 2.69 bits per heavy atom. The molecular weight excluding hydrogens is 324 g/mol. The molecule has 0 aliphatic heterocycles. The second-order valence-corrected chi connectivity index (χ2v) is 11.2. The van der Waals surface area contributed by atoms with Crippen LogP contribution in [-0.2, 0) is 9.53 Å². The zero-order valence-corrected chi connectivity index (χ0v) is 16.5. The van der Waals surface area contributed by atoms with Gasteiger partial charge in [0.05, 0.1) is 11.7 Å². The molecule has 3 heteroatoms. The molecule has 0 spiro atoms. The van der Waals surface area contributed by atoms with Gasteiger partial charge in [-0.15, -0.1) is 0 Å². The number of aliphatic hydroxyl groups is 1. The van der Waals surface area contributed by atoms with E-state index in [1.807, 2.05) is 0 Å². The standard InChI is InChI=1S/C23H34O3/c1-4-26-12-5-8-22(3)16-6-7-21(2)19(13-9-14(13)20(21)24)18(16)15-10-17(15)23(22,25)11-12/h12-19,25H,4-11H2,1-3H3/t12-,13+,14-,15?,16?,17+,18?,19?,21-,22+,23+/m0/s1. The van der Waals surface area contributed by atoms with Crippen LogP contribution in [0.5, 0.6) is 0 Å². The number of ketones is 1. The van der Waals surface area contributed by atoms with Crippen LogP contribution >= 0.6 is 0 Å². The maximum Gasteiger partial charge on any atom is 0.142 e. The first-order valence-corrected chi connectivity index (χ1v) is 11.2. The molecule has 0 bridgehead atoms. The van der Waals surface area contributed by atoms with Crippen molar-refractivity contribution in [3.63, 3.8) is 0 Å². The van der Waals surface area contributed by atoms with E-state index < -0.39 is 5.60 Å². The van der Waals surface area contributed by atoms with Crippen LogP contribution < -0.4 is 0 Å². The highest BCUT2D eigenvalue weighted by Crippen LogP contribution is 2.79. The van der Waals surface area contributed by atoms with E-state index in [1.54, 1.807) is 0 Å². The molecule has 6 rings (SSSR count). The minimum Gasteiger partial charge on any atom is -0.389 e. The molecule has 3 nitrogen and oxygen atoms in total. The quantitative estimate of drug-likeness (QED) is 0.816. The van der Waals surface area contributed by atoms with Crippen LogP contribution in [0.25, 0.3) is 0 Å². The molecule has 0 aromatic rings. The molecule has 4 unspecified atom stereocenters. The molecule has 1 N–H and O–H groups in total. The minimum atomic E-state index is -0.532. The van der Waals surface area contributed by atoms with Gasteiger partial charge in [0.25, 0.3) is 0 Å². The molecular formula is C23H34O3. The Morgan fingerprint density at radius 1 is 1.12 bits per heavy atom. The monoisotopic (exact) mass is 358 g/mol. The zero-order chi connectivity index (χ0) is 18.1. The number of hydrogen-bond acceptors (Lipinski definition) is 3. The number of fused-ring (bicyclic) bond motifs is 10. The molecule has 6 aliphatic carbocycles. The average Bonchev–Trinajstić information content (AvgIpc) is 3.49. The highest BCUT2D eigenvalue weighted by Gasteiger charge is 2.78. The summed E-state index contributed by atoms with van der Waals surface area (Å²) in [7, 11) is 0. The fraction of sp³-hybridized carbons (Fsp3) is 0.957. The van der Waals surface area contributed by atoms with E-state index in [0.29, 0.717) is 47.2 Å². The first-order valence-electron chi connectivity index (χ1n) is 11.2. The first kappa shape index (κ1) is 16.5. The van der Waals surface area contributed by atoms with Gasteiger partial charge in [-0.1, -0.05) is 13.8 Å². The Labute approximate surface area is 157 Å². The van der Waals surface area contributed by atoms with Crippen molar-refractivity contribution in [1.29, 1.82) is 0 Å². The van der Waals surface area contributed by atoms with Crippen molar-refractivity contribution in [2.75, 3.05) is 6.61 Å². The first-order chi connectivity index (χ1) is 12.3. The van der Waals surface area contributed by atoms with E-state index in [0.717, 1.165) is 38.7 Å². The van der Waals surface area contributed by atoms with Gasteiger partial charge in [-0.2, -0.15) is 0 Å². The second-order valence-electron chi connectivity index (χ2n) is 11.2. The summed E-state index contributed by atoms with van der Waals surface area (Å²) in [5, 5.41) is 12.0. The lowest BCUT2D eigenvalue weighted by molar-refractivity contribution is -0.229. The molecule has 6 aliphatic rings. The largest absolute Gasteiger partial charge is 0.389 e. The van der Waals surface area contributed by atoms with Crippen molar-refractivity contribution in [2.45, 2.75) is 77.4 Å². The van der Waals surface area contributed by atoms with E-state index in [-0.39, 0.29) is 16.9 Å². The SMILES string of the molecule is CCO[C@H]1CC[C@]2(C)C3CC[C@]4(C)C(=O)[C@H]5C[C@H]5C4C3C3C[C@H]3[C@]2(O)C1. The van der Waals surface area contributed by atoms with E-state index >= 15 is 0 Å². The molecule has 0 saturated heterocycles. The number of Topliss-reactive ketones (excluding diaryl/α,β-unsaturated/α-hetero) is 1. The summed E-state index contributed by atoms with van der Waals surface area (Å²) in [6.07, 6.45) is 7.88. The summed E-state index contributed by atoms with van der Waals surface area (Å²) < 4.78 is 5.96. The van der Waals surface area contributed by atoms with Crippen LogP contribution in [0.4, 0.5) is 0 Å². The van der Waals surface area contributed by atoms with Gasteiger partial charge in [-0.05, 0) is 86.4 Å². The number of carbonyl (C=O) groups excluding carboxylic acids is 1. The molecule has 144 valence electrons. The zero-order valence-electron chi connectivity index (χ0n) is 16.5. The fourth-order valence-electron chi connectivity index (χ4n) is 9.19. The molecule has 6 fully saturated rings. The molecule has 0 heterocycles. The third-order valence-electron chi connectivity index (χ3n) is 10.5. The van der Waals surface area contributed by atoms with Crippen molar-refractivity contribution in [3.05, 3.63) is 0 Å². The molecule has 0 radical (unpaired) electrons. The number of ether oxygens (including phenoxy) is 1. The third kappa shape index (κ3) is 1.68. The van der Waals surface area contributed by atoms with Gasteiger partial charge < -0.3 is 9.84 Å². The normalized spacial score (nSPS) is 64.7. The summed E-state index contributed by atoms with van der Waals surface area (Å²) in [5.41, 5.74) is -0.535. The average molecular weight is 359 g/mol. The highest BCUT2D eigenvalue weighted by molar-refractivity contribution is 5.92. The third-order valence-corrected chi connectivity index (χ3v) is 10.5. The van der Waals surface area contributed by atoms with Crippen molar-refractivity contribution in [1.82, 2.24) is 0 Å². The van der Waals surface area contributed by atoms with Crippen LogP contribution in [0.3, 0.4) is 0 Å². The lowest BCUT2D eigenvalue weighted by Crippen LogP contribution is -2.64. The van der Waals surface area contributed by atoms with Gasteiger partial charge in [0.2, 0.25) is 0 Å². The lowest BCUT2D eigenvalue weighted by atomic mass is 9.43. The summed E-state index contributed by atoms with van der Waals surface area (Å²) in [6.45, 7) is 7.53. The van der Waals surface area contributed by atoms with Crippen LogP contribution in [0.15, 0.2) is 0 Å². The Hall–Kier alpha value is -0.410. The topological polar surface area (TPSA) is 46.5 Å². The maximum absolute atomic E-state index is 13.0. The van der Waals surface area contributed by atoms with Crippen molar-refractivity contribution >= 4 is 5.78 Å². The molecule has 26 heavy (non-hydrogen) atoms. The van der Waals surface area contributed by atoms with Crippen LogP contribution in [-0.4, -0.2) is 29.2 Å². The van der Waals surface area contributed by atoms with Gasteiger partial charge in [0.15, 0.2) is 0 Å². The van der Waals surface area contributed by atoms with Crippen LogP contribution in [0.2, 0.25) is 0 Å². The van der Waals surface area contributed by atoms with E-state index in [2.05, 4.69) is 20.8 Å². The van der Waals surface area contributed by atoms with Gasteiger partial charge >= 0.3 is 0 Å². The van der Waals surface area contributed by atoms with Gasteiger partial charge in [0.1, 0.15) is 5.78 Å². The predicted molar refractivity (Wildman–Crippen MR) is 98.3 cm³/mol. The Bertz CT molecular complexity index is 674. The number of hydrogen-bond donors (Lipinski definition) is 1. The highest BCUT2D eigenvalue weighted by atomic mass is 16.5. The Morgan fingerprint density at radius 2 is 1.92 bits per heavy atom. The summed E-state index contributed by atoms with van der Waals surface area (Å²) in [6, 6.07) is 0. The van der Waals surface area contributed by atoms with Gasteiger partial charge in [-0.3, -0.25) is 4.79 Å². The van der Waals surface area contributed by atoms with Crippen molar-refractivity contribution in [3.8, 4) is 0 Å². The van der Waals surface area contributed by atoms with E-state index in [9.17, 15) is 9.90 Å². The Kier molecular flexibility index (Phi) is 3.03. The Balaban J connectivity index is 1.38. The summed E-state index contributed by atoms with van der Waals surface area (Å²) in [5.74, 6) is 4.79. The van der Waals surface area contributed by atoms with Crippen LogP contribution in [0.1, 0.15) is 65.7 Å². The fourth-order valence-corrected chi connectivity index (χ4v) is 9.19. The molecule has 0 amide bonds. The second kappa shape index (κ2) is 4.76.